The lowest BCUT2D eigenvalue weighted by Crippen LogP contribution is -2.57. The summed E-state index contributed by atoms with van der Waals surface area (Å²) in [7, 11) is 6.10. The third kappa shape index (κ3) is 4.29. The average Bonchev–Trinajstić information content (AvgIpc) is 2.45. The monoisotopic (exact) mass is 305 g/mol. The van der Waals surface area contributed by atoms with Crippen LogP contribution in [0, 0.1) is 0 Å². The van der Waals surface area contributed by atoms with Gasteiger partial charge in [0.2, 0.25) is 0 Å². The number of carbonyl (C=O) groups is 1. The number of nitrogens with zero attached hydrogens (tertiary/aromatic N) is 2. The van der Waals surface area contributed by atoms with Crippen molar-refractivity contribution in [2.24, 2.45) is 0 Å². The van der Waals surface area contributed by atoms with Crippen molar-refractivity contribution in [2.45, 2.75) is 25.6 Å². The Labute approximate surface area is 133 Å². The summed E-state index contributed by atoms with van der Waals surface area (Å²) in [6.45, 7) is 5.35. The molecule has 1 N–H and O–H groups in total. The molecule has 0 aliphatic carbocycles. The highest BCUT2D eigenvalue weighted by molar-refractivity contribution is 5.85. The number of amides is 1. The number of ether oxygens (including phenoxy) is 1. The molecule has 1 aliphatic heterocycles. The molecule has 0 spiro atoms. The Morgan fingerprint density at radius 1 is 1.36 bits per heavy atom. The Morgan fingerprint density at radius 3 is 2.68 bits per heavy atom. The van der Waals surface area contributed by atoms with Gasteiger partial charge in [0.1, 0.15) is 0 Å². The van der Waals surface area contributed by atoms with E-state index in [2.05, 4.69) is 27.2 Å². The van der Waals surface area contributed by atoms with Crippen molar-refractivity contribution in [2.75, 3.05) is 40.8 Å². The molecule has 1 aromatic rings. The number of likely N-dealkylation sites (N-methyl/N-ethyl adjacent to an activating group) is 1. The molecule has 5 heteroatoms. The molecule has 0 unspecified atom stereocenters. The fraction of sp³-hybridized carbons (Fsp3) is 0.588. The quantitative estimate of drug-likeness (QED) is 0.884. The van der Waals surface area contributed by atoms with E-state index >= 15 is 0 Å². The van der Waals surface area contributed by atoms with Crippen molar-refractivity contribution in [3.05, 3.63) is 35.4 Å². The van der Waals surface area contributed by atoms with Gasteiger partial charge in [-0.1, -0.05) is 24.3 Å². The van der Waals surface area contributed by atoms with E-state index in [4.69, 9.17) is 4.74 Å². The third-order valence-electron chi connectivity index (χ3n) is 3.99. The summed E-state index contributed by atoms with van der Waals surface area (Å²) in [6.07, 6.45) is 0. The van der Waals surface area contributed by atoms with Crippen molar-refractivity contribution in [3.8, 4) is 0 Å². The Balaban J connectivity index is 1.99. The van der Waals surface area contributed by atoms with Crippen molar-refractivity contribution in [1.29, 1.82) is 0 Å². The van der Waals surface area contributed by atoms with Crippen LogP contribution in [0.3, 0.4) is 0 Å². The smallest absolute Gasteiger partial charge is 0.253 e. The number of hydrogen-bond donors (Lipinski definition) is 1. The van der Waals surface area contributed by atoms with Crippen molar-refractivity contribution < 1.29 is 9.53 Å². The van der Waals surface area contributed by atoms with E-state index < -0.39 is 5.60 Å². The molecule has 1 saturated heterocycles. The summed E-state index contributed by atoms with van der Waals surface area (Å²) in [6, 6.07) is 8.21. The molecule has 0 radical (unpaired) electrons. The summed E-state index contributed by atoms with van der Waals surface area (Å²) in [4.78, 5) is 16.8. The number of rotatable bonds is 5. The normalized spacial score (nSPS) is 22.8. The van der Waals surface area contributed by atoms with E-state index in [0.717, 1.165) is 18.7 Å². The summed E-state index contributed by atoms with van der Waals surface area (Å²) in [5.41, 5.74) is 1.63. The van der Waals surface area contributed by atoms with Crippen LogP contribution >= 0.6 is 0 Å². The minimum atomic E-state index is -0.760. The highest BCUT2D eigenvalue weighted by Gasteiger charge is 2.37. The molecule has 1 amide bonds. The molecule has 1 fully saturated rings. The lowest BCUT2D eigenvalue weighted by Gasteiger charge is -2.37. The van der Waals surface area contributed by atoms with Gasteiger partial charge >= 0.3 is 0 Å². The molecule has 2 rings (SSSR count). The largest absolute Gasteiger partial charge is 0.363 e. The second-order valence-corrected chi connectivity index (χ2v) is 6.51. The summed E-state index contributed by atoms with van der Waals surface area (Å²) < 4.78 is 5.72. The molecule has 1 atom stereocenters. The topological polar surface area (TPSA) is 44.8 Å². The maximum absolute atomic E-state index is 12.5. The highest BCUT2D eigenvalue weighted by atomic mass is 16.5. The molecular formula is C17H27N3O2. The first-order valence-electron chi connectivity index (χ1n) is 7.73. The molecule has 1 heterocycles. The van der Waals surface area contributed by atoms with Crippen LogP contribution in [0.2, 0.25) is 0 Å². The zero-order chi connectivity index (χ0) is 16.2. The zero-order valence-corrected chi connectivity index (χ0v) is 14.1. The Hall–Kier alpha value is -1.43. The third-order valence-corrected chi connectivity index (χ3v) is 3.99. The number of carbonyl (C=O) groups excluding carboxylic acids is 1. The standard InChI is InChI=1S/C17H27N3O2/c1-17(13-20(4)9-10-22-17)16(21)18-11-14-7-5-6-8-15(14)12-19(2)3/h5-8H,9-13H2,1-4H3,(H,18,21)/t17-/m1/s1. The first-order chi connectivity index (χ1) is 10.4. The minimum absolute atomic E-state index is 0.0429. The van der Waals surface area contributed by atoms with E-state index in [1.807, 2.05) is 40.2 Å². The Kier molecular flexibility index (Phi) is 5.56. The van der Waals surface area contributed by atoms with Gasteiger partial charge in [0, 0.05) is 26.2 Å². The first kappa shape index (κ1) is 16.9. The number of nitrogens with one attached hydrogen (secondary N) is 1. The van der Waals surface area contributed by atoms with E-state index in [9.17, 15) is 4.79 Å². The van der Waals surface area contributed by atoms with Crippen LogP contribution in [0.15, 0.2) is 24.3 Å². The van der Waals surface area contributed by atoms with Gasteiger partial charge in [0.25, 0.3) is 5.91 Å². The van der Waals surface area contributed by atoms with Crippen LogP contribution in [0.25, 0.3) is 0 Å². The molecule has 1 aromatic carbocycles. The van der Waals surface area contributed by atoms with Crippen LogP contribution in [0.1, 0.15) is 18.1 Å². The molecule has 1 aliphatic rings. The second kappa shape index (κ2) is 7.22. The van der Waals surface area contributed by atoms with E-state index in [-0.39, 0.29) is 5.91 Å². The first-order valence-corrected chi connectivity index (χ1v) is 7.73. The number of hydrogen-bond acceptors (Lipinski definition) is 4. The average molecular weight is 305 g/mol. The van der Waals surface area contributed by atoms with E-state index in [1.54, 1.807) is 0 Å². The zero-order valence-electron chi connectivity index (χ0n) is 14.1. The van der Waals surface area contributed by atoms with Gasteiger partial charge in [-0.3, -0.25) is 4.79 Å². The summed E-state index contributed by atoms with van der Waals surface area (Å²) in [5.74, 6) is -0.0429. The van der Waals surface area contributed by atoms with Crippen LogP contribution < -0.4 is 5.32 Å². The number of benzene rings is 1. The Bertz CT molecular complexity index is 518. The molecule has 5 nitrogen and oxygen atoms in total. The molecular weight excluding hydrogens is 278 g/mol. The van der Waals surface area contributed by atoms with Gasteiger partial charge in [-0.2, -0.15) is 0 Å². The predicted molar refractivity (Wildman–Crippen MR) is 87.5 cm³/mol. The predicted octanol–water partition coefficient (Wildman–Crippen LogP) is 1.09. The summed E-state index contributed by atoms with van der Waals surface area (Å²) in [5, 5.41) is 3.03. The van der Waals surface area contributed by atoms with Crippen LogP contribution in [0.4, 0.5) is 0 Å². The van der Waals surface area contributed by atoms with Gasteiger partial charge in [-0.05, 0) is 39.2 Å². The lowest BCUT2D eigenvalue weighted by molar-refractivity contribution is -0.155. The van der Waals surface area contributed by atoms with Crippen molar-refractivity contribution in [3.63, 3.8) is 0 Å². The molecule has 0 bridgehead atoms. The minimum Gasteiger partial charge on any atom is -0.363 e. The van der Waals surface area contributed by atoms with Crippen LogP contribution in [-0.4, -0.2) is 62.1 Å². The molecule has 122 valence electrons. The van der Waals surface area contributed by atoms with Gasteiger partial charge in [0.15, 0.2) is 5.60 Å². The van der Waals surface area contributed by atoms with E-state index in [0.29, 0.717) is 19.7 Å². The fourth-order valence-electron chi connectivity index (χ4n) is 2.79. The number of morpholine rings is 1. The highest BCUT2D eigenvalue weighted by Crippen LogP contribution is 2.17. The molecule has 22 heavy (non-hydrogen) atoms. The SMILES string of the molecule is CN(C)Cc1ccccc1CNC(=O)[C@@]1(C)CN(C)CCO1. The van der Waals surface area contributed by atoms with Gasteiger partial charge in [0.05, 0.1) is 6.61 Å². The fourth-order valence-corrected chi connectivity index (χ4v) is 2.79. The van der Waals surface area contributed by atoms with E-state index in [1.165, 1.54) is 5.56 Å². The van der Waals surface area contributed by atoms with Gasteiger partial charge in [-0.25, -0.2) is 0 Å². The van der Waals surface area contributed by atoms with Crippen molar-refractivity contribution >= 4 is 5.91 Å². The maximum Gasteiger partial charge on any atom is 0.253 e. The van der Waals surface area contributed by atoms with Crippen molar-refractivity contribution in [1.82, 2.24) is 15.1 Å². The molecule has 0 aromatic heterocycles. The van der Waals surface area contributed by atoms with Crippen LogP contribution in [-0.2, 0) is 22.6 Å². The summed E-state index contributed by atoms with van der Waals surface area (Å²) >= 11 is 0. The lowest BCUT2D eigenvalue weighted by atomic mass is 10.0. The Morgan fingerprint density at radius 2 is 2.05 bits per heavy atom. The van der Waals surface area contributed by atoms with Gasteiger partial charge < -0.3 is 19.9 Å². The van der Waals surface area contributed by atoms with Gasteiger partial charge in [-0.15, -0.1) is 0 Å². The maximum atomic E-state index is 12.5. The second-order valence-electron chi connectivity index (χ2n) is 6.51. The molecule has 0 saturated carbocycles. The van der Waals surface area contributed by atoms with Crippen LogP contribution in [0.5, 0.6) is 0 Å².